The van der Waals surface area contributed by atoms with Gasteiger partial charge in [0.1, 0.15) is 5.03 Å². The largest absolute Gasteiger partial charge is 0.399 e. The molecule has 5 heteroatoms. The molecule has 0 spiro atoms. The van der Waals surface area contributed by atoms with E-state index in [2.05, 4.69) is 4.98 Å². The molecule has 0 unspecified atom stereocenters. The van der Waals surface area contributed by atoms with Crippen molar-refractivity contribution in [3.05, 3.63) is 46.6 Å². The van der Waals surface area contributed by atoms with Gasteiger partial charge in [-0.15, -0.1) is 0 Å². The molecule has 1 heterocycles. The predicted molar refractivity (Wildman–Crippen MR) is 69.2 cm³/mol. The van der Waals surface area contributed by atoms with Crippen LogP contribution >= 0.6 is 35.0 Å². The van der Waals surface area contributed by atoms with E-state index >= 15 is 0 Å². The first-order valence-corrected chi connectivity index (χ1v) is 6.07. The van der Waals surface area contributed by atoms with Gasteiger partial charge < -0.3 is 5.73 Å². The molecule has 1 aromatic carbocycles. The van der Waals surface area contributed by atoms with Crippen molar-refractivity contribution in [2.24, 2.45) is 0 Å². The summed E-state index contributed by atoms with van der Waals surface area (Å²) in [5, 5.41) is 1.82. The van der Waals surface area contributed by atoms with Gasteiger partial charge in [0.05, 0.1) is 10.0 Å². The number of anilines is 1. The Kier molecular flexibility index (Phi) is 3.59. The summed E-state index contributed by atoms with van der Waals surface area (Å²) >= 11 is 13.3. The van der Waals surface area contributed by atoms with Gasteiger partial charge in [0.25, 0.3) is 0 Å². The summed E-state index contributed by atoms with van der Waals surface area (Å²) < 4.78 is 0. The molecule has 0 atom stereocenters. The summed E-state index contributed by atoms with van der Waals surface area (Å²) in [5.74, 6) is 0. The number of hydrogen-bond donors (Lipinski definition) is 1. The van der Waals surface area contributed by atoms with E-state index in [0.717, 1.165) is 15.6 Å². The number of nitrogens with two attached hydrogens (primary N) is 1. The van der Waals surface area contributed by atoms with Crippen molar-refractivity contribution in [3.63, 3.8) is 0 Å². The predicted octanol–water partition coefficient (Wildman–Crippen LogP) is 4.12. The Morgan fingerprint density at radius 3 is 2.44 bits per heavy atom. The molecule has 0 aliphatic carbocycles. The number of nitrogens with zero attached hydrogens (tertiary/aromatic N) is 1. The molecule has 0 radical (unpaired) electrons. The minimum absolute atomic E-state index is 0.534. The molecule has 82 valence electrons. The van der Waals surface area contributed by atoms with Crippen LogP contribution in [0.5, 0.6) is 0 Å². The van der Waals surface area contributed by atoms with Crippen LogP contribution in [0.2, 0.25) is 10.0 Å². The summed E-state index contributed by atoms with van der Waals surface area (Å²) in [5.41, 5.74) is 6.34. The second-order valence-electron chi connectivity index (χ2n) is 3.11. The number of hydrogen-bond acceptors (Lipinski definition) is 3. The lowest BCUT2D eigenvalue weighted by Gasteiger charge is -2.03. The quantitative estimate of drug-likeness (QED) is 0.835. The van der Waals surface area contributed by atoms with Crippen molar-refractivity contribution in [3.8, 4) is 0 Å². The highest BCUT2D eigenvalue weighted by molar-refractivity contribution is 7.99. The van der Waals surface area contributed by atoms with Crippen molar-refractivity contribution >= 4 is 40.7 Å². The van der Waals surface area contributed by atoms with Gasteiger partial charge in [-0.2, -0.15) is 0 Å². The first kappa shape index (κ1) is 11.6. The van der Waals surface area contributed by atoms with Gasteiger partial charge in [-0.3, -0.25) is 0 Å². The van der Waals surface area contributed by atoms with Gasteiger partial charge in [0.2, 0.25) is 0 Å². The highest BCUT2D eigenvalue weighted by atomic mass is 35.5. The first-order chi connectivity index (χ1) is 7.65. The maximum Gasteiger partial charge on any atom is 0.119 e. The van der Waals surface area contributed by atoms with Crippen molar-refractivity contribution < 1.29 is 0 Å². The van der Waals surface area contributed by atoms with Crippen molar-refractivity contribution in [1.82, 2.24) is 4.98 Å². The zero-order chi connectivity index (χ0) is 11.5. The van der Waals surface area contributed by atoms with Crippen molar-refractivity contribution in [1.29, 1.82) is 0 Å². The van der Waals surface area contributed by atoms with E-state index in [0.29, 0.717) is 10.0 Å². The molecular formula is C11H8Cl2N2S. The Balaban J connectivity index is 2.23. The van der Waals surface area contributed by atoms with Crippen LogP contribution in [-0.4, -0.2) is 4.98 Å². The van der Waals surface area contributed by atoms with Crippen LogP contribution in [0.25, 0.3) is 0 Å². The van der Waals surface area contributed by atoms with Crippen LogP contribution in [-0.2, 0) is 0 Å². The zero-order valence-electron chi connectivity index (χ0n) is 8.15. The second-order valence-corrected chi connectivity index (χ2v) is 5.02. The fourth-order valence-electron chi connectivity index (χ4n) is 1.12. The Morgan fingerprint density at radius 1 is 1.12 bits per heavy atom. The fourth-order valence-corrected chi connectivity index (χ4v) is 2.38. The van der Waals surface area contributed by atoms with Crippen LogP contribution in [0.3, 0.4) is 0 Å². The van der Waals surface area contributed by atoms with Gasteiger partial charge in [-0.05, 0) is 30.3 Å². The van der Waals surface area contributed by atoms with E-state index in [1.807, 2.05) is 24.3 Å². The third kappa shape index (κ3) is 2.82. The monoisotopic (exact) mass is 270 g/mol. The molecule has 0 saturated heterocycles. The smallest absolute Gasteiger partial charge is 0.119 e. The molecule has 2 aromatic rings. The van der Waals surface area contributed by atoms with Crippen LogP contribution in [0.1, 0.15) is 0 Å². The average molecular weight is 271 g/mol. The lowest BCUT2D eigenvalue weighted by atomic mass is 10.3. The number of halogens is 2. The first-order valence-electron chi connectivity index (χ1n) is 4.49. The van der Waals surface area contributed by atoms with Gasteiger partial charge in [-0.25, -0.2) is 4.98 Å². The molecule has 2 nitrogen and oxygen atoms in total. The van der Waals surface area contributed by atoms with Crippen LogP contribution in [0, 0.1) is 0 Å². The van der Waals surface area contributed by atoms with Gasteiger partial charge in [0.15, 0.2) is 0 Å². The molecule has 0 fully saturated rings. The molecule has 0 amide bonds. The Labute approximate surface area is 108 Å². The number of nitrogen functional groups attached to an aromatic ring is 1. The van der Waals surface area contributed by atoms with Crippen molar-refractivity contribution in [2.45, 2.75) is 9.92 Å². The molecule has 16 heavy (non-hydrogen) atoms. The summed E-state index contributed by atoms with van der Waals surface area (Å²) in [6.45, 7) is 0. The van der Waals surface area contributed by atoms with Crippen LogP contribution in [0.4, 0.5) is 5.69 Å². The Morgan fingerprint density at radius 2 is 1.81 bits per heavy atom. The maximum absolute atomic E-state index is 6.02. The lowest BCUT2D eigenvalue weighted by molar-refractivity contribution is 1.13. The van der Waals surface area contributed by atoms with E-state index in [9.17, 15) is 0 Å². The standard InChI is InChI=1S/C11H8Cl2N2S/c12-7-5-10(13)11(15-6-7)16-9-3-1-8(14)2-4-9/h1-6H,14H2. The summed E-state index contributed by atoms with van der Waals surface area (Å²) in [7, 11) is 0. The molecular weight excluding hydrogens is 263 g/mol. The van der Waals surface area contributed by atoms with E-state index in [1.54, 1.807) is 12.3 Å². The molecule has 0 bridgehead atoms. The summed E-state index contributed by atoms with van der Waals surface area (Å²) in [4.78, 5) is 5.20. The second kappa shape index (κ2) is 4.95. The highest BCUT2D eigenvalue weighted by Crippen LogP contribution is 2.32. The van der Waals surface area contributed by atoms with Gasteiger partial charge in [0, 0.05) is 16.8 Å². The fraction of sp³-hybridized carbons (Fsp3) is 0. The topological polar surface area (TPSA) is 38.9 Å². The van der Waals surface area contributed by atoms with Crippen LogP contribution in [0.15, 0.2) is 46.5 Å². The zero-order valence-corrected chi connectivity index (χ0v) is 10.5. The minimum atomic E-state index is 0.534. The van der Waals surface area contributed by atoms with Gasteiger partial charge >= 0.3 is 0 Å². The highest BCUT2D eigenvalue weighted by Gasteiger charge is 2.04. The molecule has 0 aliphatic rings. The summed E-state index contributed by atoms with van der Waals surface area (Å²) in [6, 6.07) is 9.20. The summed E-state index contributed by atoms with van der Waals surface area (Å²) in [6.07, 6.45) is 1.58. The molecule has 2 rings (SSSR count). The third-order valence-corrected chi connectivity index (χ3v) is 3.50. The molecule has 1 aromatic heterocycles. The lowest BCUT2D eigenvalue weighted by Crippen LogP contribution is -1.84. The molecule has 0 saturated carbocycles. The Bertz CT molecular complexity index is 500. The minimum Gasteiger partial charge on any atom is -0.399 e. The SMILES string of the molecule is Nc1ccc(Sc2ncc(Cl)cc2Cl)cc1. The number of benzene rings is 1. The maximum atomic E-state index is 6.02. The number of aromatic nitrogens is 1. The van der Waals surface area contributed by atoms with E-state index in [4.69, 9.17) is 28.9 Å². The number of rotatable bonds is 2. The normalized spacial score (nSPS) is 10.4. The van der Waals surface area contributed by atoms with E-state index in [1.165, 1.54) is 11.8 Å². The van der Waals surface area contributed by atoms with E-state index in [-0.39, 0.29) is 0 Å². The van der Waals surface area contributed by atoms with E-state index < -0.39 is 0 Å². The van der Waals surface area contributed by atoms with Gasteiger partial charge in [-0.1, -0.05) is 35.0 Å². The third-order valence-electron chi connectivity index (χ3n) is 1.87. The Hall–Kier alpha value is -0.900. The average Bonchev–Trinajstić information content (AvgIpc) is 2.25. The van der Waals surface area contributed by atoms with Crippen molar-refractivity contribution in [2.75, 3.05) is 5.73 Å². The molecule has 0 aliphatic heterocycles. The number of pyridine rings is 1. The van der Waals surface area contributed by atoms with Crippen LogP contribution < -0.4 is 5.73 Å². The molecule has 2 N–H and O–H groups in total.